The van der Waals surface area contributed by atoms with Crippen molar-refractivity contribution in [2.75, 3.05) is 17.2 Å². The Labute approximate surface area is 258 Å². The van der Waals surface area contributed by atoms with Gasteiger partial charge in [0.15, 0.2) is 0 Å². The van der Waals surface area contributed by atoms with Crippen molar-refractivity contribution in [2.45, 2.75) is 24.0 Å². The summed E-state index contributed by atoms with van der Waals surface area (Å²) in [6, 6.07) is 28.2. The molecule has 44 heavy (non-hydrogen) atoms. The molecule has 11 heteroatoms. The number of nitro groups is 1. The van der Waals surface area contributed by atoms with Gasteiger partial charge in [-0.2, -0.15) is 0 Å². The van der Waals surface area contributed by atoms with Crippen molar-refractivity contribution in [3.63, 3.8) is 0 Å². The highest BCUT2D eigenvalue weighted by Crippen LogP contribution is 2.27. The third-order valence-electron chi connectivity index (χ3n) is 6.19. The summed E-state index contributed by atoms with van der Waals surface area (Å²) in [5.41, 5.74) is 1.16. The first-order valence-corrected chi connectivity index (χ1v) is 14.5. The van der Waals surface area contributed by atoms with Gasteiger partial charge in [0.25, 0.3) is 17.5 Å². The van der Waals surface area contributed by atoms with Crippen molar-refractivity contribution < 1.29 is 24.0 Å². The van der Waals surface area contributed by atoms with Crippen LogP contribution >= 0.6 is 11.8 Å². The van der Waals surface area contributed by atoms with Gasteiger partial charge in [-0.05, 0) is 86.7 Å². The molecule has 3 N–H and O–H groups in total. The zero-order valence-corrected chi connectivity index (χ0v) is 24.8. The minimum Gasteiger partial charge on any atom is -0.494 e. The quantitative estimate of drug-likeness (QED) is 0.0718. The van der Waals surface area contributed by atoms with Gasteiger partial charge in [0, 0.05) is 27.9 Å². The first-order chi connectivity index (χ1) is 21.2. The summed E-state index contributed by atoms with van der Waals surface area (Å²) < 4.78 is 5.42. The number of nitrogens with one attached hydrogen (secondary N) is 3. The number of hydrogen-bond donors (Lipinski definition) is 3. The SMILES string of the molecule is CCOc1ccc(NC(=O)C(C)Sc2ccc(NC(=O)/C(=C/c3ccccc3[N+](=O)[O-])NC(=O)c3ccccc3)cc2)cc1. The second kappa shape index (κ2) is 15.2. The number of carbonyl (C=O) groups is 3. The number of hydrogen-bond acceptors (Lipinski definition) is 7. The van der Waals surface area contributed by atoms with Crippen LogP contribution in [0.5, 0.6) is 5.75 Å². The van der Waals surface area contributed by atoms with Crippen LogP contribution in [0.25, 0.3) is 6.08 Å². The number of para-hydroxylation sites is 1. The smallest absolute Gasteiger partial charge is 0.276 e. The Hall–Kier alpha value is -5.42. The molecule has 0 aliphatic heterocycles. The number of nitro benzene ring substituents is 1. The second-order valence-electron chi connectivity index (χ2n) is 9.38. The maximum atomic E-state index is 13.3. The number of carbonyl (C=O) groups excluding carboxylic acids is 3. The van der Waals surface area contributed by atoms with E-state index < -0.39 is 22.0 Å². The highest BCUT2D eigenvalue weighted by molar-refractivity contribution is 8.00. The predicted octanol–water partition coefficient (Wildman–Crippen LogP) is 6.52. The minimum absolute atomic E-state index is 0.153. The van der Waals surface area contributed by atoms with E-state index in [1.807, 2.05) is 6.92 Å². The lowest BCUT2D eigenvalue weighted by Crippen LogP contribution is -2.30. The van der Waals surface area contributed by atoms with Crippen molar-refractivity contribution in [3.05, 3.63) is 130 Å². The van der Waals surface area contributed by atoms with E-state index in [1.165, 1.54) is 36.0 Å². The zero-order chi connectivity index (χ0) is 31.5. The van der Waals surface area contributed by atoms with Crippen molar-refractivity contribution in [2.24, 2.45) is 0 Å². The van der Waals surface area contributed by atoms with Gasteiger partial charge in [0.2, 0.25) is 5.91 Å². The lowest BCUT2D eigenvalue weighted by Gasteiger charge is -2.14. The highest BCUT2D eigenvalue weighted by atomic mass is 32.2. The standard InChI is InChI=1S/C33H30N4O6S/c1-3-43-27-17-13-25(14-18-27)34-31(38)22(2)44-28-19-15-26(16-20-28)35-33(40)29(36-32(39)23-9-5-4-6-10-23)21-24-11-7-8-12-30(24)37(41)42/h4-22H,3H2,1-2H3,(H,34,38)(H,35,40)(H,36,39)/b29-21-. The Kier molecular flexibility index (Phi) is 10.9. The van der Waals surface area contributed by atoms with Crippen molar-refractivity contribution >= 4 is 52.6 Å². The fourth-order valence-electron chi connectivity index (χ4n) is 3.99. The van der Waals surface area contributed by atoms with Crippen LogP contribution in [0.2, 0.25) is 0 Å². The number of rotatable bonds is 12. The molecule has 0 saturated carbocycles. The van der Waals surface area contributed by atoms with E-state index in [0.717, 1.165) is 10.6 Å². The average molecular weight is 611 g/mol. The summed E-state index contributed by atoms with van der Waals surface area (Å²) in [5, 5.41) is 19.3. The Bertz CT molecular complexity index is 1660. The first-order valence-electron chi connectivity index (χ1n) is 13.7. The molecular weight excluding hydrogens is 580 g/mol. The molecule has 224 valence electrons. The molecule has 0 radical (unpaired) electrons. The maximum absolute atomic E-state index is 13.3. The van der Waals surface area contributed by atoms with Gasteiger partial charge < -0.3 is 20.7 Å². The van der Waals surface area contributed by atoms with Crippen LogP contribution in [-0.2, 0) is 9.59 Å². The molecule has 1 unspecified atom stereocenters. The van der Waals surface area contributed by atoms with Crippen molar-refractivity contribution in [1.82, 2.24) is 5.32 Å². The Balaban J connectivity index is 1.44. The first kappa shape index (κ1) is 31.5. The summed E-state index contributed by atoms with van der Waals surface area (Å²) in [5.74, 6) is -0.663. The van der Waals surface area contributed by atoms with Crippen LogP contribution in [0.3, 0.4) is 0 Å². The number of thioether (sulfide) groups is 1. The summed E-state index contributed by atoms with van der Waals surface area (Å²) in [4.78, 5) is 50.7. The molecule has 0 fully saturated rings. The topological polar surface area (TPSA) is 140 Å². The lowest BCUT2D eigenvalue weighted by atomic mass is 10.1. The van der Waals surface area contributed by atoms with E-state index in [9.17, 15) is 24.5 Å². The van der Waals surface area contributed by atoms with E-state index >= 15 is 0 Å². The molecule has 4 aromatic rings. The van der Waals surface area contributed by atoms with E-state index in [-0.39, 0.29) is 22.9 Å². The molecule has 0 aromatic heterocycles. The molecular formula is C33H30N4O6S. The summed E-state index contributed by atoms with van der Waals surface area (Å²) in [7, 11) is 0. The fraction of sp³-hybridized carbons (Fsp3) is 0.121. The van der Waals surface area contributed by atoms with Crippen LogP contribution in [0, 0.1) is 10.1 Å². The van der Waals surface area contributed by atoms with Gasteiger partial charge in [-0.3, -0.25) is 24.5 Å². The molecule has 4 rings (SSSR count). The molecule has 0 aliphatic rings. The molecule has 0 bridgehead atoms. The van der Waals surface area contributed by atoms with E-state index in [1.54, 1.807) is 91.9 Å². The summed E-state index contributed by atoms with van der Waals surface area (Å²) in [6.07, 6.45) is 1.27. The van der Waals surface area contributed by atoms with E-state index in [2.05, 4.69) is 16.0 Å². The fourth-order valence-corrected chi connectivity index (χ4v) is 4.86. The van der Waals surface area contributed by atoms with Gasteiger partial charge in [0.05, 0.1) is 22.3 Å². The number of ether oxygens (including phenoxy) is 1. The molecule has 0 aliphatic carbocycles. The van der Waals surface area contributed by atoms with Gasteiger partial charge in [-0.25, -0.2) is 0 Å². The monoisotopic (exact) mass is 610 g/mol. The summed E-state index contributed by atoms with van der Waals surface area (Å²) in [6.45, 7) is 4.25. The van der Waals surface area contributed by atoms with Gasteiger partial charge in [0.1, 0.15) is 11.4 Å². The predicted molar refractivity (Wildman–Crippen MR) is 172 cm³/mol. The molecule has 0 spiro atoms. The van der Waals surface area contributed by atoms with Crippen LogP contribution in [0.1, 0.15) is 29.8 Å². The maximum Gasteiger partial charge on any atom is 0.276 e. The normalized spacial score (nSPS) is 11.6. The Morgan fingerprint density at radius 2 is 1.48 bits per heavy atom. The molecule has 3 amide bonds. The molecule has 0 heterocycles. The molecule has 1 atom stereocenters. The van der Waals surface area contributed by atoms with E-state index in [4.69, 9.17) is 4.74 Å². The highest BCUT2D eigenvalue weighted by Gasteiger charge is 2.19. The van der Waals surface area contributed by atoms with Gasteiger partial charge in [-0.15, -0.1) is 11.8 Å². The third kappa shape index (κ3) is 8.79. The number of amides is 3. The van der Waals surface area contributed by atoms with Crippen molar-refractivity contribution in [1.29, 1.82) is 0 Å². The minimum atomic E-state index is -0.670. The van der Waals surface area contributed by atoms with Crippen molar-refractivity contribution in [3.8, 4) is 5.75 Å². The number of benzene rings is 4. The Morgan fingerprint density at radius 1 is 0.864 bits per heavy atom. The summed E-state index contributed by atoms with van der Waals surface area (Å²) >= 11 is 1.35. The van der Waals surface area contributed by atoms with E-state index in [0.29, 0.717) is 23.5 Å². The van der Waals surface area contributed by atoms with Gasteiger partial charge >= 0.3 is 0 Å². The third-order valence-corrected chi connectivity index (χ3v) is 7.30. The average Bonchev–Trinajstić information content (AvgIpc) is 3.03. The molecule has 0 saturated heterocycles. The largest absolute Gasteiger partial charge is 0.494 e. The molecule has 10 nitrogen and oxygen atoms in total. The second-order valence-corrected chi connectivity index (χ2v) is 10.8. The van der Waals surface area contributed by atoms with Crippen LogP contribution in [0.4, 0.5) is 17.1 Å². The Morgan fingerprint density at radius 3 is 2.14 bits per heavy atom. The number of nitrogens with zero attached hydrogens (tertiary/aromatic N) is 1. The van der Waals surface area contributed by atoms with Crippen LogP contribution in [-0.4, -0.2) is 34.5 Å². The van der Waals surface area contributed by atoms with Gasteiger partial charge in [-0.1, -0.05) is 30.3 Å². The lowest BCUT2D eigenvalue weighted by molar-refractivity contribution is -0.385. The molecule has 4 aromatic carbocycles. The van der Waals surface area contributed by atoms with Crippen LogP contribution < -0.4 is 20.7 Å². The van der Waals surface area contributed by atoms with Crippen LogP contribution in [0.15, 0.2) is 114 Å². The zero-order valence-electron chi connectivity index (χ0n) is 24.0. The number of anilines is 2.